The van der Waals surface area contributed by atoms with Crippen molar-refractivity contribution in [1.82, 2.24) is 0 Å². The Morgan fingerprint density at radius 3 is 1.57 bits per heavy atom. The summed E-state index contributed by atoms with van der Waals surface area (Å²) in [5, 5.41) is 0. The first-order chi connectivity index (χ1) is 9.48. The maximum Gasteiger partial charge on any atom is 0.311 e. The van der Waals surface area contributed by atoms with Crippen LogP contribution in [0.4, 0.5) is 0 Å². The minimum Gasteiger partial charge on any atom is -0.462 e. The highest BCUT2D eigenvalue weighted by Gasteiger charge is 2.27. The van der Waals surface area contributed by atoms with Crippen molar-refractivity contribution >= 4 is 23.7 Å². The summed E-state index contributed by atoms with van der Waals surface area (Å²) in [7, 11) is 0. The molecule has 0 rings (SSSR count). The number of ether oxygens (including phenoxy) is 3. The van der Waals surface area contributed by atoms with E-state index in [2.05, 4.69) is 0 Å². The van der Waals surface area contributed by atoms with Gasteiger partial charge in [0.25, 0.3) is 0 Å². The van der Waals surface area contributed by atoms with Crippen LogP contribution in [-0.4, -0.2) is 43.5 Å². The van der Waals surface area contributed by atoms with Crippen LogP contribution in [0.1, 0.15) is 41.5 Å². The molecule has 0 amide bonds. The van der Waals surface area contributed by atoms with E-state index in [-0.39, 0.29) is 25.2 Å². The van der Waals surface area contributed by atoms with Crippen LogP contribution in [0.3, 0.4) is 0 Å². The van der Waals surface area contributed by atoms with Crippen LogP contribution in [-0.2, 0) is 23.8 Å². The van der Waals surface area contributed by atoms with Gasteiger partial charge >= 0.3 is 11.9 Å². The van der Waals surface area contributed by atoms with E-state index >= 15 is 0 Å². The van der Waals surface area contributed by atoms with Crippen molar-refractivity contribution in [2.24, 2.45) is 10.8 Å². The number of carbonyl (C=O) groups is 2. The average Bonchev–Trinajstić information content (AvgIpc) is 2.34. The zero-order valence-corrected chi connectivity index (χ0v) is 15.0. The molecule has 6 heteroatoms. The number of hydrogen-bond donors (Lipinski definition) is 0. The van der Waals surface area contributed by atoms with Crippen molar-refractivity contribution in [2.75, 3.05) is 25.4 Å². The van der Waals surface area contributed by atoms with Gasteiger partial charge in [0.05, 0.1) is 16.8 Å². The van der Waals surface area contributed by atoms with Gasteiger partial charge in [0.1, 0.15) is 19.3 Å². The van der Waals surface area contributed by atoms with E-state index in [1.165, 1.54) is 11.8 Å². The molecule has 0 spiro atoms. The number of carbonyl (C=O) groups excluding carboxylic acids is 2. The predicted molar refractivity (Wildman–Crippen MR) is 84.1 cm³/mol. The fraction of sp³-hybridized carbons (Fsp3) is 0.867. The lowest BCUT2D eigenvalue weighted by atomic mass is 9.97. The summed E-state index contributed by atoms with van der Waals surface area (Å²) >= 11 is 1.51. The summed E-state index contributed by atoms with van der Waals surface area (Å²) in [6.07, 6.45) is 1.45. The van der Waals surface area contributed by atoms with Crippen molar-refractivity contribution < 1.29 is 23.8 Å². The van der Waals surface area contributed by atoms with Gasteiger partial charge in [-0.25, -0.2) is 0 Å². The van der Waals surface area contributed by atoms with Gasteiger partial charge < -0.3 is 14.2 Å². The lowest BCUT2D eigenvalue weighted by Crippen LogP contribution is -2.33. The first-order valence-corrected chi connectivity index (χ1v) is 8.33. The molecule has 0 unspecified atom stereocenters. The summed E-state index contributed by atoms with van der Waals surface area (Å²) in [6.45, 7) is 10.9. The molecule has 0 aromatic heterocycles. The zero-order chi connectivity index (χ0) is 16.7. The molecular weight excluding hydrogens is 292 g/mol. The van der Waals surface area contributed by atoms with Crippen LogP contribution in [0.5, 0.6) is 0 Å². The fourth-order valence-corrected chi connectivity index (χ4v) is 1.41. The highest BCUT2D eigenvalue weighted by atomic mass is 32.2. The summed E-state index contributed by atoms with van der Waals surface area (Å²) < 4.78 is 16.0. The Bertz CT molecular complexity index is 311. The molecule has 0 aliphatic rings. The first kappa shape index (κ1) is 20.2. The van der Waals surface area contributed by atoms with Crippen LogP contribution in [0.2, 0.25) is 0 Å². The fourth-order valence-electron chi connectivity index (χ4n) is 1.08. The zero-order valence-electron chi connectivity index (χ0n) is 14.1. The maximum atomic E-state index is 11.7. The van der Waals surface area contributed by atoms with Crippen molar-refractivity contribution in [3.8, 4) is 0 Å². The van der Waals surface area contributed by atoms with E-state index in [1.807, 2.05) is 6.26 Å². The molecule has 0 aromatic rings. The lowest BCUT2D eigenvalue weighted by molar-refractivity contribution is -0.163. The highest BCUT2D eigenvalue weighted by molar-refractivity contribution is 7.98. The molecule has 0 aliphatic carbocycles. The SMILES string of the molecule is CSCOC(COC(=O)C(C)(C)C)COC(=O)C(C)(C)C. The van der Waals surface area contributed by atoms with Crippen LogP contribution >= 0.6 is 11.8 Å². The van der Waals surface area contributed by atoms with Crippen molar-refractivity contribution in [2.45, 2.75) is 47.6 Å². The molecular formula is C15H28O5S. The normalized spacial score (nSPS) is 12.4. The Morgan fingerprint density at radius 2 is 1.29 bits per heavy atom. The van der Waals surface area contributed by atoms with Crippen LogP contribution in [0.15, 0.2) is 0 Å². The summed E-state index contributed by atoms with van der Waals surface area (Å²) in [5.74, 6) is -0.157. The second kappa shape index (κ2) is 8.63. The standard InChI is InChI=1S/C15H28O5S/c1-14(2,3)12(16)18-8-11(20-10-21-7)9-19-13(17)15(4,5)6/h11H,8-10H2,1-7H3. The number of hydrogen-bond acceptors (Lipinski definition) is 6. The molecule has 21 heavy (non-hydrogen) atoms. The lowest BCUT2D eigenvalue weighted by Gasteiger charge is -2.23. The monoisotopic (exact) mass is 320 g/mol. The molecule has 0 N–H and O–H groups in total. The van der Waals surface area contributed by atoms with Crippen LogP contribution in [0, 0.1) is 10.8 Å². The molecule has 0 aliphatic heterocycles. The van der Waals surface area contributed by atoms with E-state index in [4.69, 9.17) is 14.2 Å². The highest BCUT2D eigenvalue weighted by Crippen LogP contribution is 2.17. The number of thioether (sulfide) groups is 1. The van der Waals surface area contributed by atoms with Gasteiger partial charge in [-0.1, -0.05) is 0 Å². The Morgan fingerprint density at radius 1 is 0.905 bits per heavy atom. The Balaban J connectivity index is 4.39. The predicted octanol–water partition coefficient (Wildman–Crippen LogP) is 2.87. The summed E-state index contributed by atoms with van der Waals surface area (Å²) in [5.41, 5.74) is -1.13. The van der Waals surface area contributed by atoms with Gasteiger partial charge in [-0.3, -0.25) is 9.59 Å². The Hall–Kier alpha value is -0.750. The van der Waals surface area contributed by atoms with Gasteiger partial charge in [-0.15, -0.1) is 11.8 Å². The summed E-state index contributed by atoms with van der Waals surface area (Å²) in [4.78, 5) is 23.5. The smallest absolute Gasteiger partial charge is 0.311 e. The molecule has 0 bridgehead atoms. The van der Waals surface area contributed by atoms with Crippen LogP contribution < -0.4 is 0 Å². The van der Waals surface area contributed by atoms with Gasteiger partial charge in [0, 0.05) is 0 Å². The quantitative estimate of drug-likeness (QED) is 0.531. The van der Waals surface area contributed by atoms with E-state index in [0.717, 1.165) is 0 Å². The average molecular weight is 320 g/mol. The second-order valence-corrected chi connectivity index (χ2v) is 7.71. The van der Waals surface area contributed by atoms with Gasteiger partial charge in [0.2, 0.25) is 0 Å². The molecule has 124 valence electrons. The third-order valence-corrected chi connectivity index (χ3v) is 2.82. The first-order valence-electron chi connectivity index (χ1n) is 6.93. The van der Waals surface area contributed by atoms with Gasteiger partial charge in [-0.2, -0.15) is 0 Å². The van der Waals surface area contributed by atoms with Crippen molar-refractivity contribution in [3.05, 3.63) is 0 Å². The van der Waals surface area contributed by atoms with Crippen LogP contribution in [0.25, 0.3) is 0 Å². The molecule has 0 saturated heterocycles. The largest absolute Gasteiger partial charge is 0.462 e. The summed E-state index contributed by atoms with van der Waals surface area (Å²) in [6, 6.07) is 0. The minimum absolute atomic E-state index is 0.0775. The van der Waals surface area contributed by atoms with E-state index in [0.29, 0.717) is 5.94 Å². The molecule has 0 fully saturated rings. The van der Waals surface area contributed by atoms with E-state index < -0.39 is 16.9 Å². The van der Waals surface area contributed by atoms with E-state index in [1.54, 1.807) is 41.5 Å². The topological polar surface area (TPSA) is 61.8 Å². The second-order valence-electron chi connectivity index (χ2n) is 6.89. The number of esters is 2. The molecule has 0 aromatic carbocycles. The van der Waals surface area contributed by atoms with Crippen molar-refractivity contribution in [1.29, 1.82) is 0 Å². The Labute approximate surface area is 132 Å². The molecule has 5 nitrogen and oxygen atoms in total. The maximum absolute atomic E-state index is 11.7. The van der Waals surface area contributed by atoms with Gasteiger partial charge in [0.15, 0.2) is 0 Å². The molecule has 0 saturated carbocycles. The van der Waals surface area contributed by atoms with Gasteiger partial charge in [-0.05, 0) is 47.8 Å². The third-order valence-electron chi connectivity index (χ3n) is 2.45. The van der Waals surface area contributed by atoms with Crippen molar-refractivity contribution in [3.63, 3.8) is 0 Å². The third kappa shape index (κ3) is 8.98. The number of rotatable bonds is 7. The Kier molecular flexibility index (Phi) is 8.33. The molecule has 0 heterocycles. The van der Waals surface area contributed by atoms with E-state index in [9.17, 15) is 9.59 Å². The minimum atomic E-state index is -0.563. The molecule has 0 radical (unpaired) electrons. The molecule has 0 atom stereocenters.